The summed E-state index contributed by atoms with van der Waals surface area (Å²) in [7, 11) is 1.08. The van der Waals surface area contributed by atoms with Crippen LogP contribution >= 0.6 is 7.82 Å². The minimum absolute atomic E-state index is 0.0561. The van der Waals surface area contributed by atoms with E-state index in [-0.39, 0.29) is 32.2 Å². The van der Waals surface area contributed by atoms with Crippen LogP contribution in [0.5, 0.6) is 0 Å². The standard InChI is InChI=1S/C51H88NO9P/c1-6-8-10-11-12-13-14-15-16-17-18-19-20-21-22-25-28-31-34-38-42-50(54)58-46-49(47-60-62(56,57)59-45-44-52(3,4)5)61-51(55)43-39-35-32-29-26-23-24-27-30-33-37-41-48(53)40-36-9-7-2/h13-14,16-17,19-20,23-24,29-30,32-33,37,41,48-49,53H,6-12,15,18,21-22,25-28,31,34-36,38-40,42-47H2,1-5H3/b14-13-,17-16-,20-19-,24-23-,32-29-,33-30-,41-37+/t48-,49+/m0/s1. The highest BCUT2D eigenvalue weighted by Crippen LogP contribution is 2.38. The van der Waals surface area contributed by atoms with E-state index in [2.05, 4.69) is 62.5 Å². The first-order chi connectivity index (χ1) is 29.9. The van der Waals surface area contributed by atoms with Gasteiger partial charge in [0.15, 0.2) is 6.10 Å². The SMILES string of the molecule is CCCCCC/C=C\C/C=C\C/C=C\CCCCCCCCC(=O)OC[C@H](COP(=O)([O-])OCC[N+](C)(C)C)OC(=O)CCC/C=C\C/C=C\C/C=C\C=C\[C@@H](O)CCCCC. The minimum Gasteiger partial charge on any atom is -0.756 e. The maximum atomic E-state index is 12.7. The number of phosphoric ester groups is 1. The molecule has 0 amide bonds. The topological polar surface area (TPSA) is 131 Å². The number of ether oxygens (including phenoxy) is 2. The highest BCUT2D eigenvalue weighted by atomic mass is 31.2. The Labute approximate surface area is 378 Å². The molecule has 62 heavy (non-hydrogen) atoms. The largest absolute Gasteiger partial charge is 0.756 e. The van der Waals surface area contributed by atoms with Gasteiger partial charge in [0.25, 0.3) is 7.82 Å². The molecule has 0 aromatic carbocycles. The van der Waals surface area contributed by atoms with Crippen LogP contribution in [0.1, 0.15) is 168 Å². The Balaban J connectivity index is 4.47. The highest BCUT2D eigenvalue weighted by molar-refractivity contribution is 7.45. The fourth-order valence-corrected chi connectivity index (χ4v) is 6.67. The molecule has 0 radical (unpaired) electrons. The molecule has 0 saturated heterocycles. The first kappa shape index (κ1) is 59.1. The Bertz CT molecular complexity index is 1340. The van der Waals surface area contributed by atoms with Gasteiger partial charge in [0.05, 0.1) is 33.9 Å². The molecule has 0 aliphatic heterocycles. The molecule has 0 aromatic heterocycles. The lowest BCUT2D eigenvalue weighted by molar-refractivity contribution is -0.870. The summed E-state index contributed by atoms with van der Waals surface area (Å²) < 4.78 is 33.8. The summed E-state index contributed by atoms with van der Waals surface area (Å²) in [6.45, 7) is 3.97. The second-order valence-corrected chi connectivity index (χ2v) is 18.4. The normalized spacial score (nSPS) is 14.8. The van der Waals surface area contributed by atoms with Crippen LogP contribution in [-0.4, -0.2) is 81.2 Å². The van der Waals surface area contributed by atoms with Crippen molar-refractivity contribution in [2.24, 2.45) is 0 Å². The second kappa shape index (κ2) is 42.1. The molecule has 0 bridgehead atoms. The van der Waals surface area contributed by atoms with Crippen molar-refractivity contribution in [2.45, 2.75) is 180 Å². The second-order valence-electron chi connectivity index (χ2n) is 17.0. The van der Waals surface area contributed by atoms with Gasteiger partial charge >= 0.3 is 11.9 Å². The maximum Gasteiger partial charge on any atom is 0.306 e. The van der Waals surface area contributed by atoms with Gasteiger partial charge in [-0.3, -0.25) is 14.2 Å². The van der Waals surface area contributed by atoms with Gasteiger partial charge in [-0.1, -0.05) is 163 Å². The molecule has 0 aromatic rings. The van der Waals surface area contributed by atoms with E-state index in [1.165, 1.54) is 32.1 Å². The highest BCUT2D eigenvalue weighted by Gasteiger charge is 2.21. The van der Waals surface area contributed by atoms with E-state index < -0.39 is 32.5 Å². The number of allylic oxidation sites excluding steroid dienone is 13. The zero-order valence-electron chi connectivity index (χ0n) is 39.6. The van der Waals surface area contributed by atoms with Gasteiger partial charge in [0.1, 0.15) is 19.8 Å². The zero-order valence-corrected chi connectivity index (χ0v) is 40.5. The number of quaternary nitrogens is 1. The van der Waals surface area contributed by atoms with Crippen molar-refractivity contribution in [2.75, 3.05) is 47.5 Å². The molecule has 0 rings (SSSR count). The monoisotopic (exact) mass is 890 g/mol. The van der Waals surface area contributed by atoms with Crippen molar-refractivity contribution in [1.29, 1.82) is 0 Å². The number of nitrogens with zero attached hydrogens (tertiary/aromatic N) is 1. The number of carbonyl (C=O) groups excluding carboxylic acids is 2. The Morgan fingerprint density at radius 1 is 0.597 bits per heavy atom. The van der Waals surface area contributed by atoms with Gasteiger partial charge < -0.3 is 33.0 Å². The zero-order chi connectivity index (χ0) is 45.8. The smallest absolute Gasteiger partial charge is 0.306 e. The van der Waals surface area contributed by atoms with Crippen molar-refractivity contribution in [3.63, 3.8) is 0 Å². The van der Waals surface area contributed by atoms with Crippen LogP contribution in [-0.2, 0) is 32.7 Å². The van der Waals surface area contributed by atoms with Crippen molar-refractivity contribution in [1.82, 2.24) is 0 Å². The minimum atomic E-state index is -4.66. The predicted molar refractivity (Wildman–Crippen MR) is 255 cm³/mol. The molecule has 0 fully saturated rings. The Kier molecular flexibility index (Phi) is 40.2. The molecule has 0 aliphatic rings. The third-order valence-electron chi connectivity index (χ3n) is 9.74. The quantitative estimate of drug-likeness (QED) is 0.0159. The van der Waals surface area contributed by atoms with Gasteiger partial charge in [-0.15, -0.1) is 0 Å². The molecule has 0 saturated carbocycles. The summed E-state index contributed by atoms with van der Waals surface area (Å²) in [5.74, 6) is -0.948. The van der Waals surface area contributed by atoms with Gasteiger partial charge in [0.2, 0.25) is 0 Å². The molecular formula is C51H88NO9P. The number of carbonyl (C=O) groups is 2. The predicted octanol–water partition coefficient (Wildman–Crippen LogP) is 12.3. The third kappa shape index (κ3) is 45.2. The van der Waals surface area contributed by atoms with E-state index in [9.17, 15) is 24.2 Å². The number of hydrogen-bond acceptors (Lipinski definition) is 9. The summed E-state index contributed by atoms with van der Waals surface area (Å²) in [6, 6.07) is 0. The molecule has 1 N–H and O–H groups in total. The third-order valence-corrected chi connectivity index (χ3v) is 10.7. The number of hydrogen-bond donors (Lipinski definition) is 1. The van der Waals surface area contributed by atoms with E-state index >= 15 is 0 Å². The molecule has 1 unspecified atom stereocenters. The van der Waals surface area contributed by atoms with Crippen molar-refractivity contribution in [3.8, 4) is 0 Å². The number of aliphatic hydroxyl groups is 1. The number of rotatable bonds is 42. The van der Waals surface area contributed by atoms with Crippen LogP contribution < -0.4 is 4.89 Å². The fraction of sp³-hybridized carbons (Fsp3) is 0.686. The lowest BCUT2D eigenvalue weighted by Crippen LogP contribution is -2.37. The first-order valence-electron chi connectivity index (χ1n) is 23.9. The van der Waals surface area contributed by atoms with E-state index in [1.807, 2.05) is 57.6 Å². The van der Waals surface area contributed by atoms with Crippen molar-refractivity contribution >= 4 is 19.8 Å². The summed E-state index contributed by atoms with van der Waals surface area (Å²) in [4.78, 5) is 37.6. The van der Waals surface area contributed by atoms with Crippen LogP contribution in [0, 0.1) is 0 Å². The van der Waals surface area contributed by atoms with Crippen LogP contribution in [0.25, 0.3) is 0 Å². The van der Waals surface area contributed by atoms with E-state index in [0.717, 1.165) is 89.9 Å². The molecule has 0 spiro atoms. The van der Waals surface area contributed by atoms with Crippen LogP contribution in [0.15, 0.2) is 85.1 Å². The van der Waals surface area contributed by atoms with Gasteiger partial charge in [-0.25, -0.2) is 0 Å². The van der Waals surface area contributed by atoms with Gasteiger partial charge in [0, 0.05) is 12.8 Å². The molecule has 0 aliphatic carbocycles. The fourth-order valence-electron chi connectivity index (χ4n) is 5.94. The first-order valence-corrected chi connectivity index (χ1v) is 25.4. The molecule has 10 nitrogen and oxygen atoms in total. The Hall–Kier alpha value is -2.85. The average Bonchev–Trinajstić information content (AvgIpc) is 3.22. The summed E-state index contributed by atoms with van der Waals surface area (Å²) in [6.07, 6.45) is 50.8. The molecular weight excluding hydrogens is 802 g/mol. The van der Waals surface area contributed by atoms with Crippen molar-refractivity contribution < 1.29 is 47.2 Å². The van der Waals surface area contributed by atoms with Crippen molar-refractivity contribution in [3.05, 3.63) is 85.1 Å². The van der Waals surface area contributed by atoms with E-state index in [1.54, 1.807) is 0 Å². The molecule has 3 atom stereocenters. The lowest BCUT2D eigenvalue weighted by atomic mass is 10.1. The van der Waals surface area contributed by atoms with Crippen LogP contribution in [0.2, 0.25) is 0 Å². The van der Waals surface area contributed by atoms with Crippen LogP contribution in [0.4, 0.5) is 0 Å². The van der Waals surface area contributed by atoms with E-state index in [0.29, 0.717) is 30.3 Å². The summed E-state index contributed by atoms with van der Waals surface area (Å²) in [5, 5.41) is 9.92. The number of likely N-dealkylation sites (N-methyl/N-ethyl adjacent to an activating group) is 1. The number of esters is 2. The number of phosphoric acid groups is 1. The Morgan fingerprint density at radius 3 is 1.69 bits per heavy atom. The summed E-state index contributed by atoms with van der Waals surface area (Å²) >= 11 is 0. The average molecular weight is 890 g/mol. The van der Waals surface area contributed by atoms with Gasteiger partial charge in [-0.2, -0.15) is 0 Å². The number of aliphatic hydroxyl groups excluding tert-OH is 1. The van der Waals surface area contributed by atoms with Crippen LogP contribution in [0.3, 0.4) is 0 Å². The van der Waals surface area contributed by atoms with E-state index in [4.69, 9.17) is 18.5 Å². The maximum absolute atomic E-state index is 12.7. The molecule has 0 heterocycles. The molecule has 11 heteroatoms. The molecule has 356 valence electrons. The lowest BCUT2D eigenvalue weighted by Gasteiger charge is -2.28. The number of unbranched alkanes of at least 4 members (excludes halogenated alkanes) is 13. The Morgan fingerprint density at radius 2 is 1.10 bits per heavy atom. The van der Waals surface area contributed by atoms with Gasteiger partial charge in [-0.05, 0) is 77.0 Å². The summed E-state index contributed by atoms with van der Waals surface area (Å²) in [5.41, 5.74) is 0.